The Hall–Kier alpha value is -2.70. The zero-order chi connectivity index (χ0) is 19.1. The first kappa shape index (κ1) is 19.1. The van der Waals surface area contributed by atoms with Gasteiger partial charge in [0, 0.05) is 32.4 Å². The van der Waals surface area contributed by atoms with Gasteiger partial charge in [0.2, 0.25) is 0 Å². The number of anilines is 1. The molecule has 1 amide bonds. The molecule has 6 nitrogen and oxygen atoms in total. The van der Waals surface area contributed by atoms with Crippen LogP contribution in [-0.2, 0) is 20.8 Å². The summed E-state index contributed by atoms with van der Waals surface area (Å²) in [6.45, 7) is 3.90. The predicted molar refractivity (Wildman–Crippen MR) is 103 cm³/mol. The van der Waals surface area contributed by atoms with E-state index in [1.54, 1.807) is 19.2 Å². The maximum Gasteiger partial charge on any atom is 0.338 e. The minimum absolute atomic E-state index is 0.279. The van der Waals surface area contributed by atoms with Crippen LogP contribution in [0.15, 0.2) is 54.6 Å². The van der Waals surface area contributed by atoms with E-state index in [0.717, 1.165) is 44.1 Å². The first-order chi connectivity index (χ1) is 13.1. The quantitative estimate of drug-likeness (QED) is 0.733. The third-order valence-corrected chi connectivity index (χ3v) is 4.54. The maximum atomic E-state index is 12.2. The van der Waals surface area contributed by atoms with E-state index in [0.29, 0.717) is 5.56 Å². The molecule has 1 heterocycles. The summed E-state index contributed by atoms with van der Waals surface area (Å²) in [5, 5.41) is 0. The molecule has 0 spiro atoms. The predicted octanol–water partition coefficient (Wildman–Crippen LogP) is 2.34. The van der Waals surface area contributed by atoms with Gasteiger partial charge in [0.25, 0.3) is 5.91 Å². The number of morpholine rings is 1. The molecule has 0 aromatic heterocycles. The molecule has 0 N–H and O–H groups in total. The number of likely N-dealkylation sites (N-methyl/N-ethyl adjacent to an activating group) is 1. The number of ether oxygens (including phenoxy) is 2. The number of rotatable bonds is 6. The number of carbonyl (C=O) groups is 2. The number of para-hydroxylation sites is 1. The molecule has 2 aromatic carbocycles. The van der Waals surface area contributed by atoms with E-state index in [2.05, 4.69) is 4.90 Å². The second-order valence-electron chi connectivity index (χ2n) is 6.45. The number of esters is 1. The van der Waals surface area contributed by atoms with Gasteiger partial charge in [-0.25, -0.2) is 4.79 Å². The molecule has 6 heteroatoms. The van der Waals surface area contributed by atoms with E-state index in [1.807, 2.05) is 42.5 Å². The molecule has 0 unspecified atom stereocenters. The maximum absolute atomic E-state index is 12.2. The fourth-order valence-electron chi connectivity index (χ4n) is 2.87. The van der Waals surface area contributed by atoms with E-state index in [4.69, 9.17) is 9.47 Å². The van der Waals surface area contributed by atoms with E-state index in [-0.39, 0.29) is 12.5 Å². The third-order valence-electron chi connectivity index (χ3n) is 4.54. The van der Waals surface area contributed by atoms with Gasteiger partial charge in [-0.2, -0.15) is 0 Å². The number of hydrogen-bond acceptors (Lipinski definition) is 5. The Morgan fingerprint density at radius 3 is 2.37 bits per heavy atom. The minimum atomic E-state index is -0.497. The van der Waals surface area contributed by atoms with E-state index in [9.17, 15) is 9.59 Å². The monoisotopic (exact) mass is 368 g/mol. The van der Waals surface area contributed by atoms with Gasteiger partial charge >= 0.3 is 5.97 Å². The van der Waals surface area contributed by atoms with Gasteiger partial charge in [-0.1, -0.05) is 30.3 Å². The van der Waals surface area contributed by atoms with Crippen molar-refractivity contribution in [2.45, 2.75) is 6.54 Å². The molecule has 142 valence electrons. The Morgan fingerprint density at radius 1 is 1.04 bits per heavy atom. The second-order valence-corrected chi connectivity index (χ2v) is 6.45. The van der Waals surface area contributed by atoms with Gasteiger partial charge in [0.1, 0.15) is 0 Å². The van der Waals surface area contributed by atoms with Crippen LogP contribution in [0.3, 0.4) is 0 Å². The Labute approximate surface area is 159 Å². The molecule has 1 fully saturated rings. The molecule has 0 saturated carbocycles. The molecule has 1 aliphatic heterocycles. The van der Waals surface area contributed by atoms with Crippen molar-refractivity contribution in [1.29, 1.82) is 0 Å². The number of hydrogen-bond donors (Lipinski definition) is 0. The normalized spacial score (nSPS) is 14.6. The van der Waals surface area contributed by atoms with Crippen molar-refractivity contribution in [3.8, 4) is 0 Å². The summed E-state index contributed by atoms with van der Waals surface area (Å²) in [6, 6.07) is 16.6. The molecule has 0 bridgehead atoms. The van der Waals surface area contributed by atoms with Crippen molar-refractivity contribution >= 4 is 17.6 Å². The molecule has 1 saturated heterocycles. The molecule has 3 rings (SSSR count). The summed E-state index contributed by atoms with van der Waals surface area (Å²) in [6.07, 6.45) is 0. The summed E-state index contributed by atoms with van der Waals surface area (Å²) in [4.78, 5) is 28.2. The number of carbonyl (C=O) groups excluding carboxylic acids is 2. The standard InChI is InChI=1S/C21H24N2O4/c1-22(19-5-3-2-4-6-19)20(24)16-27-21(25)18-9-7-17(8-10-18)15-23-11-13-26-14-12-23/h2-10H,11-16H2,1H3. The third kappa shape index (κ3) is 5.39. The number of nitrogens with zero attached hydrogens (tertiary/aromatic N) is 2. The first-order valence-electron chi connectivity index (χ1n) is 9.01. The molecule has 2 aromatic rings. The summed E-state index contributed by atoms with van der Waals surface area (Å²) in [7, 11) is 1.66. The molecule has 0 radical (unpaired) electrons. The lowest BCUT2D eigenvalue weighted by molar-refractivity contribution is -0.121. The fraction of sp³-hybridized carbons (Fsp3) is 0.333. The van der Waals surface area contributed by atoms with Gasteiger partial charge in [-0.05, 0) is 29.8 Å². The van der Waals surface area contributed by atoms with Crippen molar-refractivity contribution in [3.63, 3.8) is 0 Å². The van der Waals surface area contributed by atoms with Crippen LogP contribution in [0.4, 0.5) is 5.69 Å². The highest BCUT2D eigenvalue weighted by molar-refractivity contribution is 5.96. The molecule has 0 aliphatic carbocycles. The lowest BCUT2D eigenvalue weighted by atomic mass is 10.1. The van der Waals surface area contributed by atoms with Gasteiger partial charge in [0.05, 0.1) is 18.8 Å². The van der Waals surface area contributed by atoms with Crippen LogP contribution < -0.4 is 4.90 Å². The van der Waals surface area contributed by atoms with Crippen LogP contribution in [0.2, 0.25) is 0 Å². The van der Waals surface area contributed by atoms with Gasteiger partial charge in [-0.15, -0.1) is 0 Å². The van der Waals surface area contributed by atoms with Gasteiger partial charge < -0.3 is 14.4 Å². The average molecular weight is 368 g/mol. The zero-order valence-electron chi connectivity index (χ0n) is 15.5. The summed E-state index contributed by atoms with van der Waals surface area (Å²) in [5.74, 6) is -0.777. The summed E-state index contributed by atoms with van der Waals surface area (Å²) < 4.78 is 10.5. The van der Waals surface area contributed by atoms with Crippen molar-refractivity contribution in [1.82, 2.24) is 4.90 Å². The van der Waals surface area contributed by atoms with Gasteiger partial charge in [0.15, 0.2) is 6.61 Å². The van der Waals surface area contributed by atoms with Crippen LogP contribution in [0.25, 0.3) is 0 Å². The SMILES string of the molecule is CN(C(=O)COC(=O)c1ccc(CN2CCOCC2)cc1)c1ccccc1. The van der Waals surface area contributed by atoms with Crippen LogP contribution in [-0.4, -0.2) is 56.7 Å². The fourth-order valence-corrected chi connectivity index (χ4v) is 2.87. The number of benzene rings is 2. The highest BCUT2D eigenvalue weighted by Crippen LogP contribution is 2.12. The molecular weight excluding hydrogens is 344 g/mol. The zero-order valence-corrected chi connectivity index (χ0v) is 15.5. The van der Waals surface area contributed by atoms with Crippen LogP contribution in [0.1, 0.15) is 15.9 Å². The van der Waals surface area contributed by atoms with E-state index < -0.39 is 5.97 Å². The largest absolute Gasteiger partial charge is 0.452 e. The van der Waals surface area contributed by atoms with Crippen LogP contribution >= 0.6 is 0 Å². The number of amides is 1. The van der Waals surface area contributed by atoms with Gasteiger partial charge in [-0.3, -0.25) is 9.69 Å². The lowest BCUT2D eigenvalue weighted by Gasteiger charge is -2.26. The summed E-state index contributed by atoms with van der Waals surface area (Å²) in [5.41, 5.74) is 2.33. The minimum Gasteiger partial charge on any atom is -0.452 e. The van der Waals surface area contributed by atoms with Crippen LogP contribution in [0, 0.1) is 0 Å². The smallest absolute Gasteiger partial charge is 0.338 e. The Balaban J connectivity index is 1.49. The lowest BCUT2D eigenvalue weighted by Crippen LogP contribution is -2.35. The molecular formula is C21H24N2O4. The van der Waals surface area contributed by atoms with Crippen molar-refractivity contribution < 1.29 is 19.1 Å². The van der Waals surface area contributed by atoms with Crippen molar-refractivity contribution in [3.05, 3.63) is 65.7 Å². The molecule has 27 heavy (non-hydrogen) atoms. The topological polar surface area (TPSA) is 59.1 Å². The van der Waals surface area contributed by atoms with Crippen molar-refractivity contribution in [2.75, 3.05) is 44.9 Å². The highest BCUT2D eigenvalue weighted by Gasteiger charge is 2.15. The van der Waals surface area contributed by atoms with E-state index in [1.165, 1.54) is 4.90 Å². The van der Waals surface area contributed by atoms with Crippen LogP contribution in [0.5, 0.6) is 0 Å². The second kappa shape index (κ2) is 9.30. The Bertz CT molecular complexity index is 756. The van der Waals surface area contributed by atoms with E-state index >= 15 is 0 Å². The first-order valence-corrected chi connectivity index (χ1v) is 9.01. The molecule has 0 atom stereocenters. The highest BCUT2D eigenvalue weighted by atomic mass is 16.5. The Kier molecular flexibility index (Phi) is 6.57. The summed E-state index contributed by atoms with van der Waals surface area (Å²) >= 11 is 0. The van der Waals surface area contributed by atoms with Crippen molar-refractivity contribution in [2.24, 2.45) is 0 Å². The molecule has 1 aliphatic rings. The Morgan fingerprint density at radius 2 is 1.70 bits per heavy atom. The average Bonchev–Trinajstić information content (AvgIpc) is 2.73.